The lowest BCUT2D eigenvalue weighted by atomic mass is 10.1. The van der Waals surface area contributed by atoms with Crippen LogP contribution in [0.25, 0.3) is 0 Å². The molecule has 0 bridgehead atoms. The molecule has 0 heterocycles. The van der Waals surface area contributed by atoms with Crippen LogP contribution < -0.4 is 10.2 Å². The number of nitro benzene ring substituents is 2. The number of para-hydroxylation sites is 1. The topological polar surface area (TPSA) is 137 Å². The van der Waals surface area contributed by atoms with Gasteiger partial charge in [0.1, 0.15) is 11.4 Å². The van der Waals surface area contributed by atoms with Gasteiger partial charge in [-0.2, -0.15) is 5.10 Å². The molecule has 3 rings (SSSR count). The summed E-state index contributed by atoms with van der Waals surface area (Å²) >= 11 is 0. The Morgan fingerprint density at radius 3 is 2.39 bits per heavy atom. The molecule has 0 saturated heterocycles. The van der Waals surface area contributed by atoms with Crippen molar-refractivity contribution in [1.29, 1.82) is 0 Å². The molecule has 0 aliphatic carbocycles. The minimum Gasteiger partial charge on any atom is -0.422 e. The van der Waals surface area contributed by atoms with Gasteiger partial charge < -0.3 is 4.74 Å². The van der Waals surface area contributed by atoms with E-state index < -0.39 is 27.2 Å². The second kappa shape index (κ2) is 9.27. The molecular formula is C21H16N4O6. The number of aryl methyl sites for hydroxylation is 1. The van der Waals surface area contributed by atoms with Crippen molar-refractivity contribution in [3.63, 3.8) is 0 Å². The number of nitro groups is 2. The van der Waals surface area contributed by atoms with Gasteiger partial charge in [0.15, 0.2) is 0 Å². The summed E-state index contributed by atoms with van der Waals surface area (Å²) < 4.78 is 5.44. The molecule has 0 aliphatic heterocycles. The number of esters is 1. The molecule has 0 unspecified atom stereocenters. The highest BCUT2D eigenvalue weighted by Gasteiger charge is 2.19. The van der Waals surface area contributed by atoms with E-state index >= 15 is 0 Å². The second-order valence-corrected chi connectivity index (χ2v) is 6.38. The first-order valence-corrected chi connectivity index (χ1v) is 8.95. The van der Waals surface area contributed by atoms with Crippen molar-refractivity contribution in [3.05, 3.63) is 104 Å². The van der Waals surface area contributed by atoms with E-state index in [0.29, 0.717) is 11.1 Å². The highest BCUT2D eigenvalue weighted by atomic mass is 16.6. The van der Waals surface area contributed by atoms with Gasteiger partial charge in [0.05, 0.1) is 27.7 Å². The summed E-state index contributed by atoms with van der Waals surface area (Å²) in [5.74, 6) is -0.295. The number of hydrogen-bond acceptors (Lipinski definition) is 8. The zero-order valence-corrected chi connectivity index (χ0v) is 16.2. The first-order chi connectivity index (χ1) is 14.8. The Morgan fingerprint density at radius 2 is 1.71 bits per heavy atom. The standard InChI is InChI=1S/C21H16N4O6/c1-14-6-8-15(9-7-14)21(26)31-20-5-3-2-4-16(20)13-22-23-18-11-10-17(24(27)28)12-19(18)25(29)30/h2-13,23H,1H3/b22-13-. The van der Waals surface area contributed by atoms with E-state index in [1.165, 1.54) is 12.3 Å². The Kier molecular flexibility index (Phi) is 6.31. The Labute approximate surface area is 176 Å². The van der Waals surface area contributed by atoms with Crippen LogP contribution in [0.3, 0.4) is 0 Å². The molecule has 0 radical (unpaired) electrons. The molecule has 3 aromatic rings. The lowest BCUT2D eigenvalue weighted by Gasteiger charge is -2.07. The number of hydrazone groups is 1. The SMILES string of the molecule is Cc1ccc(C(=O)Oc2ccccc2/C=N\Nc2ccc([N+](=O)[O-])cc2[N+](=O)[O-])cc1. The van der Waals surface area contributed by atoms with Gasteiger partial charge in [0, 0.05) is 11.6 Å². The van der Waals surface area contributed by atoms with Crippen LogP contribution in [-0.2, 0) is 0 Å². The predicted molar refractivity (Wildman–Crippen MR) is 114 cm³/mol. The van der Waals surface area contributed by atoms with Crippen LogP contribution in [0.15, 0.2) is 71.8 Å². The van der Waals surface area contributed by atoms with Crippen LogP contribution in [0.2, 0.25) is 0 Å². The lowest BCUT2D eigenvalue weighted by molar-refractivity contribution is -0.393. The second-order valence-electron chi connectivity index (χ2n) is 6.38. The Hall–Kier alpha value is -4.60. The number of benzene rings is 3. The Morgan fingerprint density at radius 1 is 1.00 bits per heavy atom. The van der Waals surface area contributed by atoms with E-state index in [0.717, 1.165) is 17.7 Å². The lowest BCUT2D eigenvalue weighted by Crippen LogP contribution is -2.09. The maximum Gasteiger partial charge on any atom is 0.343 e. The number of non-ortho nitro benzene ring substituents is 1. The van der Waals surface area contributed by atoms with Crippen molar-refractivity contribution >= 4 is 29.2 Å². The van der Waals surface area contributed by atoms with Gasteiger partial charge in [-0.3, -0.25) is 25.7 Å². The van der Waals surface area contributed by atoms with Crippen LogP contribution in [0, 0.1) is 27.2 Å². The number of rotatable bonds is 7. The largest absolute Gasteiger partial charge is 0.422 e. The van der Waals surface area contributed by atoms with Crippen LogP contribution in [0.5, 0.6) is 5.75 Å². The van der Waals surface area contributed by atoms with Crippen molar-refractivity contribution in [2.45, 2.75) is 6.92 Å². The summed E-state index contributed by atoms with van der Waals surface area (Å²) in [5, 5.41) is 26.0. The summed E-state index contributed by atoms with van der Waals surface area (Å²) in [6, 6.07) is 16.7. The monoisotopic (exact) mass is 420 g/mol. The smallest absolute Gasteiger partial charge is 0.343 e. The van der Waals surface area contributed by atoms with Gasteiger partial charge in [0.2, 0.25) is 0 Å². The molecule has 0 saturated carbocycles. The van der Waals surface area contributed by atoms with Crippen molar-refractivity contribution in [3.8, 4) is 5.75 Å². The maximum absolute atomic E-state index is 12.4. The van der Waals surface area contributed by atoms with E-state index in [9.17, 15) is 25.0 Å². The summed E-state index contributed by atoms with van der Waals surface area (Å²) in [6.07, 6.45) is 1.32. The van der Waals surface area contributed by atoms with Crippen LogP contribution in [-0.4, -0.2) is 22.0 Å². The molecular weight excluding hydrogens is 404 g/mol. The highest BCUT2D eigenvalue weighted by Crippen LogP contribution is 2.29. The number of anilines is 1. The predicted octanol–water partition coefficient (Wildman–Crippen LogP) is 4.48. The van der Waals surface area contributed by atoms with Gasteiger partial charge in [-0.15, -0.1) is 0 Å². The van der Waals surface area contributed by atoms with E-state index in [1.807, 2.05) is 6.92 Å². The average Bonchev–Trinajstić information content (AvgIpc) is 2.75. The van der Waals surface area contributed by atoms with Gasteiger partial charge in [-0.05, 0) is 37.3 Å². The quantitative estimate of drug-likeness (QED) is 0.196. The normalized spacial score (nSPS) is 10.6. The number of nitrogens with one attached hydrogen (secondary N) is 1. The molecule has 0 amide bonds. The number of carbonyl (C=O) groups excluding carboxylic acids is 1. The molecule has 3 aromatic carbocycles. The number of nitrogens with zero attached hydrogens (tertiary/aromatic N) is 3. The van der Waals surface area contributed by atoms with Crippen molar-refractivity contribution in [2.24, 2.45) is 5.10 Å². The Bertz CT molecular complexity index is 1170. The van der Waals surface area contributed by atoms with Crippen LogP contribution in [0.1, 0.15) is 21.5 Å². The summed E-state index contributed by atoms with van der Waals surface area (Å²) in [6.45, 7) is 1.91. The number of carbonyl (C=O) groups is 1. The molecule has 0 atom stereocenters. The average molecular weight is 420 g/mol. The number of ether oxygens (including phenoxy) is 1. The fraction of sp³-hybridized carbons (Fsp3) is 0.0476. The van der Waals surface area contributed by atoms with Gasteiger partial charge in [-0.25, -0.2) is 4.79 Å². The third-order valence-electron chi connectivity index (χ3n) is 4.19. The molecule has 0 aromatic heterocycles. The summed E-state index contributed by atoms with van der Waals surface area (Å²) in [5.41, 5.74) is 3.40. The molecule has 1 N–H and O–H groups in total. The van der Waals surface area contributed by atoms with Gasteiger partial charge in [0.25, 0.3) is 5.69 Å². The van der Waals surface area contributed by atoms with E-state index in [4.69, 9.17) is 4.74 Å². The number of hydrogen-bond donors (Lipinski definition) is 1. The van der Waals surface area contributed by atoms with E-state index in [2.05, 4.69) is 10.5 Å². The maximum atomic E-state index is 12.4. The van der Waals surface area contributed by atoms with E-state index in [-0.39, 0.29) is 11.4 Å². The third kappa shape index (κ3) is 5.26. The van der Waals surface area contributed by atoms with Gasteiger partial charge in [-0.1, -0.05) is 29.8 Å². The zero-order valence-electron chi connectivity index (χ0n) is 16.2. The fourth-order valence-electron chi connectivity index (χ4n) is 2.58. The molecule has 31 heavy (non-hydrogen) atoms. The summed E-state index contributed by atoms with van der Waals surface area (Å²) in [4.78, 5) is 32.9. The third-order valence-corrected chi connectivity index (χ3v) is 4.19. The molecule has 0 aliphatic rings. The van der Waals surface area contributed by atoms with E-state index in [1.54, 1.807) is 48.5 Å². The van der Waals surface area contributed by atoms with Crippen molar-refractivity contribution in [1.82, 2.24) is 0 Å². The molecule has 0 spiro atoms. The fourth-order valence-corrected chi connectivity index (χ4v) is 2.58. The molecule has 0 fully saturated rings. The minimum atomic E-state index is -0.748. The first-order valence-electron chi connectivity index (χ1n) is 8.95. The first kappa shape index (κ1) is 21.1. The van der Waals surface area contributed by atoms with Crippen molar-refractivity contribution < 1.29 is 19.4 Å². The van der Waals surface area contributed by atoms with Gasteiger partial charge >= 0.3 is 11.7 Å². The summed E-state index contributed by atoms with van der Waals surface area (Å²) in [7, 11) is 0. The molecule has 10 heteroatoms. The van der Waals surface area contributed by atoms with Crippen molar-refractivity contribution in [2.75, 3.05) is 5.43 Å². The van der Waals surface area contributed by atoms with Crippen LogP contribution in [0.4, 0.5) is 17.1 Å². The zero-order chi connectivity index (χ0) is 22.4. The Balaban J connectivity index is 1.78. The highest BCUT2D eigenvalue weighted by molar-refractivity contribution is 5.93. The van der Waals surface area contributed by atoms with Crippen LogP contribution >= 0.6 is 0 Å². The molecule has 10 nitrogen and oxygen atoms in total. The molecule has 156 valence electrons. The minimum absolute atomic E-state index is 0.0269.